The molecule has 0 saturated carbocycles. The number of nitrogen functional groups attached to an aromatic ring is 1. The summed E-state index contributed by atoms with van der Waals surface area (Å²) in [5, 5.41) is 2.92. The van der Waals surface area contributed by atoms with Crippen LogP contribution in [0.4, 0.5) is 21.7 Å². The monoisotopic (exact) mass is 218 g/mol. The van der Waals surface area contributed by atoms with Gasteiger partial charge in [0.2, 0.25) is 5.95 Å². The topological polar surface area (TPSA) is 63.8 Å². The van der Waals surface area contributed by atoms with Crippen molar-refractivity contribution in [3.63, 3.8) is 0 Å². The molecule has 0 aliphatic rings. The molecule has 4 nitrogen and oxygen atoms in total. The Hall–Kier alpha value is -2.17. The largest absolute Gasteiger partial charge is 0.396 e. The van der Waals surface area contributed by atoms with Crippen molar-refractivity contribution < 1.29 is 4.39 Å². The van der Waals surface area contributed by atoms with Crippen LogP contribution in [0.5, 0.6) is 0 Å². The van der Waals surface area contributed by atoms with Gasteiger partial charge in [0.1, 0.15) is 5.82 Å². The maximum Gasteiger partial charge on any atom is 0.227 e. The van der Waals surface area contributed by atoms with Crippen molar-refractivity contribution in [3.8, 4) is 0 Å². The van der Waals surface area contributed by atoms with Crippen LogP contribution in [-0.2, 0) is 0 Å². The van der Waals surface area contributed by atoms with Crippen LogP contribution in [0.1, 0.15) is 5.56 Å². The third-order valence-electron chi connectivity index (χ3n) is 2.12. The first-order valence-electron chi connectivity index (χ1n) is 4.76. The van der Waals surface area contributed by atoms with E-state index in [1.54, 1.807) is 6.07 Å². The number of benzene rings is 1. The molecule has 16 heavy (non-hydrogen) atoms. The van der Waals surface area contributed by atoms with Crippen molar-refractivity contribution in [3.05, 3.63) is 42.0 Å². The molecule has 0 bridgehead atoms. The summed E-state index contributed by atoms with van der Waals surface area (Å²) in [6.07, 6.45) is 2.98. The molecule has 0 amide bonds. The number of nitrogens with two attached hydrogens (primary N) is 1. The number of rotatable bonds is 2. The zero-order valence-corrected chi connectivity index (χ0v) is 8.74. The van der Waals surface area contributed by atoms with Crippen LogP contribution >= 0.6 is 0 Å². The number of aryl methyl sites for hydroxylation is 1. The fourth-order valence-corrected chi connectivity index (χ4v) is 1.25. The van der Waals surface area contributed by atoms with E-state index in [0.29, 0.717) is 17.3 Å². The average Bonchev–Trinajstić information content (AvgIpc) is 2.27. The van der Waals surface area contributed by atoms with E-state index in [1.165, 1.54) is 24.5 Å². The predicted molar refractivity (Wildman–Crippen MR) is 60.9 cm³/mol. The lowest BCUT2D eigenvalue weighted by Gasteiger charge is -2.07. The Kier molecular flexibility index (Phi) is 2.68. The minimum atomic E-state index is -0.302. The Morgan fingerprint density at radius 2 is 1.94 bits per heavy atom. The number of hydrogen-bond acceptors (Lipinski definition) is 4. The molecule has 0 fully saturated rings. The maximum absolute atomic E-state index is 13.0. The van der Waals surface area contributed by atoms with Crippen molar-refractivity contribution in [2.45, 2.75) is 6.92 Å². The maximum atomic E-state index is 13.0. The molecule has 0 atom stereocenters. The minimum Gasteiger partial charge on any atom is -0.396 e. The average molecular weight is 218 g/mol. The first-order valence-corrected chi connectivity index (χ1v) is 4.76. The molecular formula is C11H11FN4. The fraction of sp³-hybridized carbons (Fsp3) is 0.0909. The molecule has 0 aliphatic carbocycles. The Labute approximate surface area is 92.3 Å². The van der Waals surface area contributed by atoms with E-state index >= 15 is 0 Å². The van der Waals surface area contributed by atoms with Crippen molar-refractivity contribution >= 4 is 17.3 Å². The summed E-state index contributed by atoms with van der Waals surface area (Å²) in [4.78, 5) is 7.95. The van der Waals surface area contributed by atoms with Crippen LogP contribution in [0.25, 0.3) is 0 Å². The quantitative estimate of drug-likeness (QED) is 0.811. The van der Waals surface area contributed by atoms with E-state index in [9.17, 15) is 4.39 Å². The predicted octanol–water partition coefficient (Wildman–Crippen LogP) is 2.25. The Balaban J connectivity index is 2.26. The third kappa shape index (κ3) is 2.25. The Bertz CT molecular complexity index is 496. The normalized spacial score (nSPS) is 10.1. The molecule has 82 valence electrons. The standard InChI is InChI=1S/C11H11FN4/c1-7-2-3-8(12)4-10(7)16-11-14-5-9(13)6-15-11/h2-6H,13H2,1H3,(H,14,15,16). The molecule has 5 heteroatoms. The summed E-state index contributed by atoms with van der Waals surface area (Å²) in [7, 11) is 0. The molecule has 1 aromatic carbocycles. The summed E-state index contributed by atoms with van der Waals surface area (Å²) in [6.45, 7) is 1.87. The lowest BCUT2D eigenvalue weighted by atomic mass is 10.2. The van der Waals surface area contributed by atoms with Crippen LogP contribution in [0.15, 0.2) is 30.6 Å². The van der Waals surface area contributed by atoms with Gasteiger partial charge >= 0.3 is 0 Å². The van der Waals surface area contributed by atoms with Crippen LogP contribution in [-0.4, -0.2) is 9.97 Å². The highest BCUT2D eigenvalue weighted by Gasteiger charge is 2.02. The molecule has 3 N–H and O–H groups in total. The second kappa shape index (κ2) is 4.14. The van der Waals surface area contributed by atoms with E-state index in [0.717, 1.165) is 5.56 Å². The summed E-state index contributed by atoms with van der Waals surface area (Å²) in [5.41, 5.74) is 7.51. The zero-order valence-electron chi connectivity index (χ0n) is 8.74. The molecule has 2 aromatic rings. The molecule has 2 rings (SSSR count). The van der Waals surface area contributed by atoms with E-state index in [2.05, 4.69) is 15.3 Å². The highest BCUT2D eigenvalue weighted by Crippen LogP contribution is 2.19. The van der Waals surface area contributed by atoms with Crippen LogP contribution in [0.2, 0.25) is 0 Å². The van der Waals surface area contributed by atoms with Gasteiger partial charge in [0.25, 0.3) is 0 Å². The molecule has 0 unspecified atom stereocenters. The van der Waals surface area contributed by atoms with Gasteiger partial charge in [-0.15, -0.1) is 0 Å². The second-order valence-corrected chi connectivity index (χ2v) is 3.42. The Morgan fingerprint density at radius 3 is 2.62 bits per heavy atom. The van der Waals surface area contributed by atoms with Crippen molar-refractivity contribution in [2.75, 3.05) is 11.1 Å². The van der Waals surface area contributed by atoms with Gasteiger partial charge in [-0.05, 0) is 24.6 Å². The molecular weight excluding hydrogens is 207 g/mol. The van der Waals surface area contributed by atoms with Crippen molar-refractivity contribution in [1.82, 2.24) is 9.97 Å². The molecule has 1 heterocycles. The SMILES string of the molecule is Cc1ccc(F)cc1Nc1ncc(N)cn1. The van der Waals surface area contributed by atoms with Crippen LogP contribution in [0.3, 0.4) is 0 Å². The van der Waals surface area contributed by atoms with E-state index in [4.69, 9.17) is 5.73 Å². The van der Waals surface area contributed by atoms with Gasteiger partial charge in [0, 0.05) is 5.69 Å². The number of anilines is 3. The number of halogens is 1. The second-order valence-electron chi connectivity index (χ2n) is 3.42. The smallest absolute Gasteiger partial charge is 0.227 e. The highest BCUT2D eigenvalue weighted by atomic mass is 19.1. The molecule has 1 aromatic heterocycles. The molecule has 0 saturated heterocycles. The van der Waals surface area contributed by atoms with E-state index < -0.39 is 0 Å². The number of aromatic nitrogens is 2. The van der Waals surface area contributed by atoms with Gasteiger partial charge in [-0.2, -0.15) is 0 Å². The summed E-state index contributed by atoms with van der Waals surface area (Å²) in [5.74, 6) is 0.0893. The van der Waals surface area contributed by atoms with E-state index in [-0.39, 0.29) is 5.82 Å². The van der Waals surface area contributed by atoms with Crippen molar-refractivity contribution in [1.29, 1.82) is 0 Å². The first kappa shape index (κ1) is 10.4. The molecule has 0 spiro atoms. The minimum absolute atomic E-state index is 0.302. The van der Waals surface area contributed by atoms with Crippen LogP contribution in [0, 0.1) is 12.7 Å². The first-order chi connectivity index (χ1) is 7.65. The fourth-order valence-electron chi connectivity index (χ4n) is 1.25. The van der Waals surface area contributed by atoms with Crippen molar-refractivity contribution in [2.24, 2.45) is 0 Å². The Morgan fingerprint density at radius 1 is 1.25 bits per heavy atom. The lowest BCUT2D eigenvalue weighted by molar-refractivity contribution is 0.628. The van der Waals surface area contributed by atoms with Gasteiger partial charge in [-0.25, -0.2) is 14.4 Å². The van der Waals surface area contributed by atoms with Gasteiger partial charge in [0.05, 0.1) is 18.1 Å². The van der Waals surface area contributed by atoms with Gasteiger partial charge in [0.15, 0.2) is 0 Å². The molecule has 0 aliphatic heterocycles. The van der Waals surface area contributed by atoms with Crippen LogP contribution < -0.4 is 11.1 Å². The lowest BCUT2D eigenvalue weighted by Crippen LogP contribution is -1.99. The molecule has 0 radical (unpaired) electrons. The van der Waals surface area contributed by atoms with Gasteiger partial charge in [-0.1, -0.05) is 6.07 Å². The summed E-state index contributed by atoms with van der Waals surface area (Å²) in [6, 6.07) is 4.49. The highest BCUT2D eigenvalue weighted by molar-refractivity contribution is 5.58. The van der Waals surface area contributed by atoms with Gasteiger partial charge in [-0.3, -0.25) is 0 Å². The summed E-state index contributed by atoms with van der Waals surface area (Å²) < 4.78 is 13.0. The van der Waals surface area contributed by atoms with Gasteiger partial charge < -0.3 is 11.1 Å². The number of nitrogens with one attached hydrogen (secondary N) is 1. The zero-order chi connectivity index (χ0) is 11.5. The third-order valence-corrected chi connectivity index (χ3v) is 2.12. The number of hydrogen-bond donors (Lipinski definition) is 2. The number of nitrogens with zero attached hydrogens (tertiary/aromatic N) is 2. The summed E-state index contributed by atoms with van der Waals surface area (Å²) >= 11 is 0. The van der Waals surface area contributed by atoms with E-state index in [1.807, 2.05) is 6.92 Å².